The molecular formula is C31H26Br2N6O5. The molecule has 0 saturated heterocycles. The fraction of sp³-hybridized carbons (Fsp3) is 0.161. The summed E-state index contributed by atoms with van der Waals surface area (Å²) < 4.78 is 13.6. The quantitative estimate of drug-likeness (QED) is 0.120. The van der Waals surface area contributed by atoms with Gasteiger partial charge in [-0.15, -0.1) is 0 Å². The van der Waals surface area contributed by atoms with Crippen molar-refractivity contribution in [2.45, 2.75) is 26.9 Å². The van der Waals surface area contributed by atoms with Gasteiger partial charge in [-0.05, 0) is 58.7 Å². The van der Waals surface area contributed by atoms with Gasteiger partial charge in [0.1, 0.15) is 6.54 Å². The third-order valence-corrected chi connectivity index (χ3v) is 7.78. The second-order valence-electron chi connectivity index (χ2n) is 9.34. The number of carbonyl (C=O) groups excluding carboxylic acids is 3. The van der Waals surface area contributed by atoms with Gasteiger partial charge in [0, 0.05) is 11.4 Å². The van der Waals surface area contributed by atoms with E-state index in [-0.39, 0.29) is 53.3 Å². The molecule has 2 heterocycles. The number of halogens is 2. The SMILES string of the molecule is CCOC(=O)Cn1c(Br)nc2c(OC(=O)N(c3ccccc3)c3ccccc3)nc(N(Cc3ccccc3Br)C(C)=O)nc21. The Balaban J connectivity index is 1.64. The van der Waals surface area contributed by atoms with Gasteiger partial charge < -0.3 is 9.47 Å². The summed E-state index contributed by atoms with van der Waals surface area (Å²) in [6.07, 6.45) is -0.774. The van der Waals surface area contributed by atoms with Gasteiger partial charge in [0.25, 0.3) is 5.88 Å². The molecule has 0 spiro atoms. The van der Waals surface area contributed by atoms with Gasteiger partial charge in [0.05, 0.1) is 24.5 Å². The van der Waals surface area contributed by atoms with Crippen molar-refractivity contribution >= 4 is 78.3 Å². The largest absolute Gasteiger partial charge is 0.465 e. The number of fused-ring (bicyclic) bond motifs is 1. The summed E-state index contributed by atoms with van der Waals surface area (Å²) in [7, 11) is 0. The molecule has 13 heteroatoms. The fourth-order valence-electron chi connectivity index (χ4n) is 4.37. The number of imidazole rings is 1. The Morgan fingerprint density at radius 3 is 2.05 bits per heavy atom. The molecule has 0 radical (unpaired) electrons. The average molecular weight is 722 g/mol. The lowest BCUT2D eigenvalue weighted by molar-refractivity contribution is -0.143. The third kappa shape index (κ3) is 6.79. The number of carbonyl (C=O) groups is 3. The number of nitrogens with zero attached hydrogens (tertiary/aromatic N) is 6. The molecule has 224 valence electrons. The maximum Gasteiger partial charge on any atom is 0.425 e. The van der Waals surface area contributed by atoms with Gasteiger partial charge in [0.15, 0.2) is 15.9 Å². The predicted octanol–water partition coefficient (Wildman–Crippen LogP) is 6.80. The summed E-state index contributed by atoms with van der Waals surface area (Å²) in [6.45, 7) is 3.15. The van der Waals surface area contributed by atoms with Crippen LogP contribution in [-0.4, -0.2) is 44.1 Å². The first-order chi connectivity index (χ1) is 21.3. The van der Waals surface area contributed by atoms with E-state index in [2.05, 4.69) is 46.8 Å². The summed E-state index contributed by atoms with van der Waals surface area (Å²) >= 11 is 6.91. The van der Waals surface area contributed by atoms with Crippen molar-refractivity contribution in [3.63, 3.8) is 0 Å². The molecule has 5 rings (SSSR count). The summed E-state index contributed by atoms with van der Waals surface area (Å²) in [6, 6.07) is 25.4. The molecule has 11 nitrogen and oxygen atoms in total. The van der Waals surface area contributed by atoms with Crippen molar-refractivity contribution < 1.29 is 23.9 Å². The molecule has 0 fully saturated rings. The van der Waals surface area contributed by atoms with E-state index in [0.29, 0.717) is 11.4 Å². The van der Waals surface area contributed by atoms with Crippen LogP contribution in [0.2, 0.25) is 0 Å². The lowest BCUT2D eigenvalue weighted by atomic mass is 10.2. The molecular weight excluding hydrogens is 696 g/mol. The van der Waals surface area contributed by atoms with E-state index in [1.54, 1.807) is 55.5 Å². The molecule has 0 aliphatic heterocycles. The number of para-hydroxylation sites is 2. The second kappa shape index (κ2) is 13.8. The first kappa shape index (κ1) is 30.8. The Bertz CT molecular complexity index is 1780. The van der Waals surface area contributed by atoms with Crippen LogP contribution in [0.25, 0.3) is 11.2 Å². The lowest BCUT2D eigenvalue weighted by Crippen LogP contribution is -2.31. The van der Waals surface area contributed by atoms with Gasteiger partial charge in [-0.3, -0.25) is 19.1 Å². The number of esters is 1. The number of benzene rings is 3. The summed E-state index contributed by atoms with van der Waals surface area (Å²) in [5, 5.41) is 0. The van der Waals surface area contributed by atoms with E-state index in [1.165, 1.54) is 21.3 Å². The zero-order valence-corrected chi connectivity index (χ0v) is 26.9. The Morgan fingerprint density at radius 1 is 0.841 bits per heavy atom. The second-order valence-corrected chi connectivity index (χ2v) is 10.9. The first-order valence-corrected chi connectivity index (χ1v) is 15.1. The maximum absolute atomic E-state index is 13.9. The normalized spacial score (nSPS) is 10.8. The van der Waals surface area contributed by atoms with Crippen LogP contribution >= 0.6 is 31.9 Å². The third-order valence-electron chi connectivity index (χ3n) is 6.40. The van der Waals surface area contributed by atoms with Crippen molar-refractivity contribution in [2.24, 2.45) is 0 Å². The molecule has 2 amide bonds. The van der Waals surface area contributed by atoms with Crippen LogP contribution in [0.1, 0.15) is 19.4 Å². The molecule has 44 heavy (non-hydrogen) atoms. The number of hydrogen-bond acceptors (Lipinski definition) is 8. The highest BCUT2D eigenvalue weighted by Gasteiger charge is 2.28. The highest BCUT2D eigenvalue weighted by molar-refractivity contribution is 9.10. The van der Waals surface area contributed by atoms with Crippen molar-refractivity contribution in [2.75, 3.05) is 16.4 Å². The predicted molar refractivity (Wildman–Crippen MR) is 172 cm³/mol. The number of amides is 2. The zero-order valence-electron chi connectivity index (χ0n) is 23.7. The van der Waals surface area contributed by atoms with Crippen LogP contribution in [-0.2, 0) is 27.4 Å². The molecule has 0 atom stereocenters. The van der Waals surface area contributed by atoms with Crippen LogP contribution in [0.15, 0.2) is 94.1 Å². The smallest absolute Gasteiger partial charge is 0.425 e. The van der Waals surface area contributed by atoms with Crippen molar-refractivity contribution in [3.8, 4) is 5.88 Å². The number of ether oxygens (including phenoxy) is 2. The first-order valence-electron chi connectivity index (χ1n) is 13.5. The summed E-state index contributed by atoms with van der Waals surface area (Å²) in [5.74, 6) is -1.13. The summed E-state index contributed by atoms with van der Waals surface area (Å²) in [5.41, 5.74) is 2.17. The van der Waals surface area contributed by atoms with Crippen molar-refractivity contribution in [1.29, 1.82) is 0 Å². The minimum absolute atomic E-state index is 0.0490. The highest BCUT2D eigenvalue weighted by Crippen LogP contribution is 2.32. The number of aromatic nitrogens is 4. The van der Waals surface area contributed by atoms with Crippen molar-refractivity contribution in [1.82, 2.24) is 19.5 Å². The minimum atomic E-state index is -0.774. The lowest BCUT2D eigenvalue weighted by Gasteiger charge is -2.23. The van der Waals surface area contributed by atoms with E-state index >= 15 is 0 Å². The highest BCUT2D eigenvalue weighted by atomic mass is 79.9. The molecule has 5 aromatic rings. The molecule has 0 aliphatic rings. The van der Waals surface area contributed by atoms with Crippen LogP contribution in [0.5, 0.6) is 5.88 Å². The number of anilines is 3. The van der Waals surface area contributed by atoms with E-state index in [0.717, 1.165) is 10.0 Å². The Labute approximate surface area is 269 Å². The van der Waals surface area contributed by atoms with Crippen LogP contribution in [0.4, 0.5) is 22.1 Å². The molecule has 0 bridgehead atoms. The fourth-order valence-corrected chi connectivity index (χ4v) is 5.25. The van der Waals surface area contributed by atoms with E-state index in [9.17, 15) is 14.4 Å². The average Bonchev–Trinajstić information content (AvgIpc) is 3.32. The van der Waals surface area contributed by atoms with Crippen molar-refractivity contribution in [3.05, 3.63) is 99.7 Å². The molecule has 2 aromatic heterocycles. The molecule has 0 unspecified atom stereocenters. The maximum atomic E-state index is 13.9. The monoisotopic (exact) mass is 720 g/mol. The summed E-state index contributed by atoms with van der Waals surface area (Å²) in [4.78, 5) is 55.7. The standard InChI is InChI=1S/C31H26Br2N6O5/c1-3-43-25(41)19-38-27-26(34-29(38)33)28(36-30(35-27)37(20(2)40)18-21-12-10-11-17-24(21)32)44-31(42)39(22-13-6-4-7-14-22)23-15-8-5-9-16-23/h4-17H,3,18-19H2,1-2H3. The van der Waals surface area contributed by atoms with E-state index in [4.69, 9.17) is 9.47 Å². The van der Waals surface area contributed by atoms with Gasteiger partial charge in [-0.1, -0.05) is 70.5 Å². The van der Waals surface area contributed by atoms with Gasteiger partial charge in [0.2, 0.25) is 11.9 Å². The number of hydrogen-bond donors (Lipinski definition) is 0. The Morgan fingerprint density at radius 2 is 1.45 bits per heavy atom. The Kier molecular flexibility index (Phi) is 9.65. The minimum Gasteiger partial charge on any atom is -0.465 e. The van der Waals surface area contributed by atoms with Crippen LogP contribution in [0.3, 0.4) is 0 Å². The molecule has 0 saturated carbocycles. The number of rotatable bonds is 9. The van der Waals surface area contributed by atoms with Gasteiger partial charge in [-0.2, -0.15) is 9.97 Å². The van der Waals surface area contributed by atoms with Gasteiger partial charge >= 0.3 is 12.1 Å². The van der Waals surface area contributed by atoms with Crippen LogP contribution < -0.4 is 14.5 Å². The van der Waals surface area contributed by atoms with Crippen LogP contribution in [0, 0.1) is 0 Å². The van der Waals surface area contributed by atoms with E-state index in [1.807, 2.05) is 36.4 Å². The molecule has 3 aromatic carbocycles. The van der Waals surface area contributed by atoms with E-state index < -0.39 is 12.1 Å². The molecule has 0 N–H and O–H groups in total. The van der Waals surface area contributed by atoms with Gasteiger partial charge in [-0.25, -0.2) is 14.7 Å². The molecule has 0 aliphatic carbocycles. The Hall–Kier alpha value is -4.62. The topological polar surface area (TPSA) is 120 Å². The zero-order chi connectivity index (χ0) is 31.2.